The van der Waals surface area contributed by atoms with E-state index in [2.05, 4.69) is 23.7 Å². The molecule has 0 unspecified atom stereocenters. The van der Waals surface area contributed by atoms with Crippen molar-refractivity contribution in [1.82, 2.24) is 5.32 Å². The Morgan fingerprint density at radius 2 is 2.13 bits per heavy atom. The molecule has 82 valence electrons. The molecule has 1 aromatic rings. The van der Waals surface area contributed by atoms with Gasteiger partial charge in [-0.2, -0.15) is 0 Å². The van der Waals surface area contributed by atoms with Crippen LogP contribution in [0.2, 0.25) is 0 Å². The van der Waals surface area contributed by atoms with Crippen LogP contribution in [0.25, 0.3) is 0 Å². The van der Waals surface area contributed by atoms with E-state index in [1.165, 1.54) is 10.5 Å². The minimum Gasteiger partial charge on any atom is -0.356 e. The SMILES string of the molecule is CCC(=O)NCCc1ccccc1SC. The Hall–Kier alpha value is -0.960. The Kier molecular flexibility index (Phi) is 5.26. The maximum absolute atomic E-state index is 11.0. The molecule has 0 aliphatic carbocycles. The first-order valence-electron chi connectivity index (χ1n) is 5.16. The predicted octanol–water partition coefficient (Wildman–Crippen LogP) is 2.48. The number of nitrogens with one attached hydrogen (secondary N) is 1. The summed E-state index contributed by atoms with van der Waals surface area (Å²) in [5.41, 5.74) is 1.31. The van der Waals surface area contributed by atoms with Crippen LogP contribution >= 0.6 is 11.8 Å². The molecule has 0 aliphatic heterocycles. The lowest BCUT2D eigenvalue weighted by molar-refractivity contribution is -0.120. The Labute approximate surface area is 95.5 Å². The summed E-state index contributed by atoms with van der Waals surface area (Å²) in [5.74, 6) is 0.122. The molecule has 1 N–H and O–H groups in total. The largest absolute Gasteiger partial charge is 0.356 e. The fourth-order valence-corrected chi connectivity index (χ4v) is 2.02. The van der Waals surface area contributed by atoms with E-state index in [9.17, 15) is 4.79 Å². The lowest BCUT2D eigenvalue weighted by Gasteiger charge is -2.07. The maximum atomic E-state index is 11.0. The average Bonchev–Trinajstić information content (AvgIpc) is 2.29. The summed E-state index contributed by atoms with van der Waals surface area (Å²) in [5, 5.41) is 2.88. The summed E-state index contributed by atoms with van der Waals surface area (Å²) in [6.45, 7) is 2.59. The lowest BCUT2D eigenvalue weighted by Crippen LogP contribution is -2.24. The van der Waals surface area contributed by atoms with Crippen LogP contribution in [0.1, 0.15) is 18.9 Å². The molecule has 0 saturated carbocycles. The molecule has 0 bridgehead atoms. The topological polar surface area (TPSA) is 29.1 Å². The van der Waals surface area contributed by atoms with Crippen LogP contribution in [-0.2, 0) is 11.2 Å². The summed E-state index contributed by atoms with van der Waals surface area (Å²) in [6, 6.07) is 8.31. The summed E-state index contributed by atoms with van der Waals surface area (Å²) in [4.78, 5) is 12.3. The van der Waals surface area contributed by atoms with Crippen molar-refractivity contribution in [2.45, 2.75) is 24.7 Å². The van der Waals surface area contributed by atoms with Gasteiger partial charge in [-0.3, -0.25) is 4.79 Å². The smallest absolute Gasteiger partial charge is 0.219 e. The number of thioether (sulfide) groups is 1. The van der Waals surface area contributed by atoms with Gasteiger partial charge in [0.15, 0.2) is 0 Å². The van der Waals surface area contributed by atoms with Gasteiger partial charge in [0, 0.05) is 17.9 Å². The monoisotopic (exact) mass is 223 g/mol. The zero-order chi connectivity index (χ0) is 11.1. The van der Waals surface area contributed by atoms with Crippen molar-refractivity contribution < 1.29 is 4.79 Å². The van der Waals surface area contributed by atoms with E-state index < -0.39 is 0 Å². The van der Waals surface area contributed by atoms with E-state index in [1.807, 2.05) is 19.1 Å². The minimum absolute atomic E-state index is 0.122. The fraction of sp³-hybridized carbons (Fsp3) is 0.417. The number of rotatable bonds is 5. The molecule has 1 aromatic carbocycles. The second-order valence-electron chi connectivity index (χ2n) is 3.27. The van der Waals surface area contributed by atoms with Gasteiger partial charge in [0.1, 0.15) is 0 Å². The van der Waals surface area contributed by atoms with Crippen LogP contribution in [0.4, 0.5) is 0 Å². The zero-order valence-electron chi connectivity index (χ0n) is 9.25. The summed E-state index contributed by atoms with van der Waals surface area (Å²) in [7, 11) is 0. The van der Waals surface area contributed by atoms with Crippen LogP contribution in [-0.4, -0.2) is 18.7 Å². The first kappa shape index (κ1) is 12.1. The van der Waals surface area contributed by atoms with Gasteiger partial charge in [0.2, 0.25) is 5.91 Å². The standard InChI is InChI=1S/C12H17NOS/c1-3-12(14)13-9-8-10-6-4-5-7-11(10)15-2/h4-7H,3,8-9H2,1-2H3,(H,13,14). The number of benzene rings is 1. The number of amides is 1. The second-order valence-corrected chi connectivity index (χ2v) is 4.11. The molecule has 1 amide bonds. The average molecular weight is 223 g/mol. The van der Waals surface area contributed by atoms with Crippen molar-refractivity contribution in [3.63, 3.8) is 0 Å². The van der Waals surface area contributed by atoms with Gasteiger partial charge in [-0.1, -0.05) is 25.1 Å². The van der Waals surface area contributed by atoms with Crippen molar-refractivity contribution in [2.24, 2.45) is 0 Å². The summed E-state index contributed by atoms with van der Waals surface area (Å²) < 4.78 is 0. The normalized spacial score (nSPS) is 10.0. The maximum Gasteiger partial charge on any atom is 0.219 e. The molecule has 3 heteroatoms. The van der Waals surface area contributed by atoms with Crippen LogP contribution in [0, 0.1) is 0 Å². The second kappa shape index (κ2) is 6.51. The molecule has 15 heavy (non-hydrogen) atoms. The van der Waals surface area contributed by atoms with Crippen LogP contribution in [0.15, 0.2) is 29.2 Å². The Morgan fingerprint density at radius 3 is 2.80 bits per heavy atom. The first-order chi connectivity index (χ1) is 7.27. The van der Waals surface area contributed by atoms with Crippen molar-refractivity contribution in [3.8, 4) is 0 Å². The molecular weight excluding hydrogens is 206 g/mol. The number of hydrogen-bond acceptors (Lipinski definition) is 2. The van der Waals surface area contributed by atoms with Crippen LogP contribution in [0.3, 0.4) is 0 Å². The Morgan fingerprint density at radius 1 is 1.40 bits per heavy atom. The number of carbonyl (C=O) groups is 1. The van der Waals surface area contributed by atoms with Gasteiger partial charge in [0.05, 0.1) is 0 Å². The Bertz CT molecular complexity index is 325. The molecule has 0 aliphatic rings. The van der Waals surface area contributed by atoms with Crippen molar-refractivity contribution in [2.75, 3.05) is 12.8 Å². The molecule has 0 aromatic heterocycles. The third kappa shape index (κ3) is 3.96. The van der Waals surface area contributed by atoms with E-state index in [0.717, 1.165) is 13.0 Å². The van der Waals surface area contributed by atoms with E-state index in [-0.39, 0.29) is 5.91 Å². The van der Waals surface area contributed by atoms with Crippen molar-refractivity contribution in [1.29, 1.82) is 0 Å². The van der Waals surface area contributed by atoms with Gasteiger partial charge in [-0.15, -0.1) is 11.8 Å². The lowest BCUT2D eigenvalue weighted by atomic mass is 10.1. The molecule has 0 heterocycles. The van der Waals surface area contributed by atoms with E-state index >= 15 is 0 Å². The highest BCUT2D eigenvalue weighted by Crippen LogP contribution is 2.19. The molecule has 0 fully saturated rings. The molecule has 0 saturated heterocycles. The van der Waals surface area contributed by atoms with Crippen LogP contribution < -0.4 is 5.32 Å². The van der Waals surface area contributed by atoms with Crippen LogP contribution in [0.5, 0.6) is 0 Å². The highest BCUT2D eigenvalue weighted by molar-refractivity contribution is 7.98. The van der Waals surface area contributed by atoms with Crippen molar-refractivity contribution >= 4 is 17.7 Å². The fourth-order valence-electron chi connectivity index (χ4n) is 1.37. The molecule has 0 atom stereocenters. The zero-order valence-corrected chi connectivity index (χ0v) is 10.1. The van der Waals surface area contributed by atoms with Gasteiger partial charge in [0.25, 0.3) is 0 Å². The van der Waals surface area contributed by atoms with Gasteiger partial charge >= 0.3 is 0 Å². The molecular formula is C12H17NOS. The van der Waals surface area contributed by atoms with Gasteiger partial charge < -0.3 is 5.32 Å². The molecule has 0 radical (unpaired) electrons. The van der Waals surface area contributed by atoms with E-state index in [0.29, 0.717) is 6.42 Å². The third-order valence-electron chi connectivity index (χ3n) is 2.23. The highest BCUT2D eigenvalue weighted by Gasteiger charge is 2.01. The van der Waals surface area contributed by atoms with Gasteiger partial charge in [-0.05, 0) is 24.3 Å². The Balaban J connectivity index is 2.46. The molecule has 1 rings (SSSR count). The predicted molar refractivity (Wildman–Crippen MR) is 65.2 cm³/mol. The number of hydrogen-bond donors (Lipinski definition) is 1. The first-order valence-corrected chi connectivity index (χ1v) is 6.39. The van der Waals surface area contributed by atoms with E-state index in [4.69, 9.17) is 0 Å². The highest BCUT2D eigenvalue weighted by atomic mass is 32.2. The summed E-state index contributed by atoms with van der Waals surface area (Å²) >= 11 is 1.75. The molecule has 2 nitrogen and oxygen atoms in total. The third-order valence-corrected chi connectivity index (χ3v) is 3.07. The van der Waals surface area contributed by atoms with Gasteiger partial charge in [-0.25, -0.2) is 0 Å². The number of carbonyl (C=O) groups excluding carboxylic acids is 1. The summed E-state index contributed by atoms with van der Waals surface area (Å²) in [6.07, 6.45) is 3.54. The quantitative estimate of drug-likeness (QED) is 0.777. The van der Waals surface area contributed by atoms with E-state index in [1.54, 1.807) is 11.8 Å². The molecule has 0 spiro atoms. The van der Waals surface area contributed by atoms with Crippen molar-refractivity contribution in [3.05, 3.63) is 29.8 Å². The minimum atomic E-state index is 0.122.